The van der Waals surface area contributed by atoms with Gasteiger partial charge in [-0.1, -0.05) is 25.0 Å². The first-order valence-corrected chi connectivity index (χ1v) is 9.22. The molecule has 22 heavy (non-hydrogen) atoms. The molecule has 2 amide bonds. The average Bonchev–Trinajstić information content (AvgIpc) is 2.71. The van der Waals surface area contributed by atoms with Crippen molar-refractivity contribution in [2.45, 2.75) is 37.8 Å². The molecule has 2 aliphatic rings. The van der Waals surface area contributed by atoms with Crippen LogP contribution in [0.3, 0.4) is 0 Å². The van der Waals surface area contributed by atoms with Crippen LogP contribution in [-0.4, -0.2) is 43.5 Å². The molecule has 1 fully saturated rings. The van der Waals surface area contributed by atoms with Crippen molar-refractivity contribution in [3.63, 3.8) is 0 Å². The van der Waals surface area contributed by atoms with Gasteiger partial charge >= 0.3 is 0 Å². The van der Waals surface area contributed by atoms with Crippen LogP contribution in [0.15, 0.2) is 24.3 Å². The van der Waals surface area contributed by atoms with Gasteiger partial charge in [-0.15, -0.1) is 0 Å². The van der Waals surface area contributed by atoms with Crippen LogP contribution in [0.2, 0.25) is 0 Å². The van der Waals surface area contributed by atoms with E-state index in [0.29, 0.717) is 24.0 Å². The number of amides is 2. The number of carbonyl (C=O) groups excluding carboxylic acids is 2. The van der Waals surface area contributed by atoms with E-state index in [4.69, 9.17) is 0 Å². The van der Waals surface area contributed by atoms with Crippen LogP contribution in [0.5, 0.6) is 0 Å². The molecular formula is C15H18N2O4S. The molecule has 0 radical (unpaired) electrons. The van der Waals surface area contributed by atoms with Crippen LogP contribution in [-0.2, 0) is 10.0 Å². The number of hydrogen-bond acceptors (Lipinski definition) is 4. The first-order chi connectivity index (χ1) is 10.4. The van der Waals surface area contributed by atoms with Crippen molar-refractivity contribution in [1.29, 1.82) is 0 Å². The van der Waals surface area contributed by atoms with Gasteiger partial charge in [-0.2, -0.15) is 0 Å². The molecule has 0 saturated heterocycles. The normalized spacial score (nSPS) is 25.4. The summed E-state index contributed by atoms with van der Waals surface area (Å²) >= 11 is 0. The number of fused-ring (bicyclic) bond motifs is 1. The lowest BCUT2D eigenvalue weighted by atomic mass is 9.90. The summed E-state index contributed by atoms with van der Waals surface area (Å²) in [6.45, 7) is 0. The Bertz CT molecular complexity index is 694. The van der Waals surface area contributed by atoms with Gasteiger partial charge in [0.25, 0.3) is 11.8 Å². The number of imide groups is 1. The number of rotatable bonds is 3. The highest BCUT2D eigenvalue weighted by molar-refractivity contribution is 7.88. The molecule has 1 aliphatic carbocycles. The van der Waals surface area contributed by atoms with Gasteiger partial charge in [0.15, 0.2) is 0 Å². The van der Waals surface area contributed by atoms with Crippen LogP contribution in [0.25, 0.3) is 0 Å². The fourth-order valence-electron chi connectivity index (χ4n) is 3.34. The molecule has 1 saturated carbocycles. The van der Waals surface area contributed by atoms with E-state index >= 15 is 0 Å². The molecule has 1 N–H and O–H groups in total. The van der Waals surface area contributed by atoms with Gasteiger partial charge in [0.05, 0.1) is 23.4 Å². The predicted octanol–water partition coefficient (Wildman–Crippen LogP) is 1.14. The number of sulfonamides is 1. The Morgan fingerprint density at radius 3 is 2.14 bits per heavy atom. The maximum atomic E-state index is 12.5. The van der Waals surface area contributed by atoms with Crippen LogP contribution >= 0.6 is 0 Å². The molecule has 0 spiro atoms. The first kappa shape index (κ1) is 15.2. The highest BCUT2D eigenvalue weighted by Gasteiger charge is 2.43. The molecule has 3 rings (SSSR count). The topological polar surface area (TPSA) is 83.6 Å². The molecule has 6 nitrogen and oxygen atoms in total. The molecule has 7 heteroatoms. The summed E-state index contributed by atoms with van der Waals surface area (Å²) in [5.41, 5.74) is 0.798. The SMILES string of the molecule is CS(=O)(=O)NC1CCCCC1N1C(=O)c2ccccc2C1=O. The molecule has 118 valence electrons. The number of nitrogens with one attached hydrogen (secondary N) is 1. The van der Waals surface area contributed by atoms with E-state index in [1.54, 1.807) is 24.3 Å². The fraction of sp³-hybridized carbons (Fsp3) is 0.467. The zero-order chi connectivity index (χ0) is 15.9. The van der Waals surface area contributed by atoms with Gasteiger partial charge in [-0.25, -0.2) is 13.1 Å². The van der Waals surface area contributed by atoms with E-state index in [1.807, 2.05) is 0 Å². The van der Waals surface area contributed by atoms with Crippen molar-refractivity contribution in [1.82, 2.24) is 9.62 Å². The van der Waals surface area contributed by atoms with E-state index < -0.39 is 22.1 Å². The van der Waals surface area contributed by atoms with E-state index in [0.717, 1.165) is 19.1 Å². The van der Waals surface area contributed by atoms with Crippen LogP contribution < -0.4 is 4.72 Å². The molecule has 2 unspecified atom stereocenters. The zero-order valence-corrected chi connectivity index (χ0v) is 13.1. The summed E-state index contributed by atoms with van der Waals surface area (Å²) in [5.74, 6) is -0.652. The monoisotopic (exact) mass is 322 g/mol. The van der Waals surface area contributed by atoms with E-state index in [9.17, 15) is 18.0 Å². The van der Waals surface area contributed by atoms with Gasteiger partial charge in [-0.3, -0.25) is 14.5 Å². The smallest absolute Gasteiger partial charge is 0.261 e. The van der Waals surface area contributed by atoms with E-state index in [1.165, 1.54) is 4.90 Å². The number of benzene rings is 1. The third-order valence-electron chi connectivity index (χ3n) is 4.25. The lowest BCUT2D eigenvalue weighted by Gasteiger charge is -2.36. The molecule has 0 bridgehead atoms. The predicted molar refractivity (Wildman–Crippen MR) is 81.0 cm³/mol. The second-order valence-corrected chi connectivity index (χ2v) is 7.65. The lowest BCUT2D eigenvalue weighted by Crippen LogP contribution is -2.54. The van der Waals surface area contributed by atoms with Crippen molar-refractivity contribution >= 4 is 21.8 Å². The van der Waals surface area contributed by atoms with Gasteiger partial charge in [0.1, 0.15) is 0 Å². The summed E-state index contributed by atoms with van der Waals surface area (Å²) in [6.07, 6.45) is 4.11. The molecule has 0 aromatic heterocycles. The van der Waals surface area contributed by atoms with Gasteiger partial charge in [-0.05, 0) is 25.0 Å². The Hall–Kier alpha value is -1.73. The summed E-state index contributed by atoms with van der Waals surface area (Å²) in [6, 6.07) is 5.89. The molecule has 1 aromatic carbocycles. The minimum absolute atomic E-state index is 0.326. The minimum atomic E-state index is -3.39. The summed E-state index contributed by atoms with van der Waals surface area (Å²) in [7, 11) is -3.39. The third-order valence-corrected chi connectivity index (χ3v) is 4.98. The third kappa shape index (κ3) is 2.66. The minimum Gasteiger partial charge on any atom is -0.270 e. The first-order valence-electron chi connectivity index (χ1n) is 7.33. The quantitative estimate of drug-likeness (QED) is 0.846. The van der Waals surface area contributed by atoms with E-state index in [-0.39, 0.29) is 11.8 Å². The fourth-order valence-corrected chi connectivity index (χ4v) is 4.17. The summed E-state index contributed by atoms with van der Waals surface area (Å²) in [5, 5.41) is 0. The van der Waals surface area contributed by atoms with Gasteiger partial charge in [0, 0.05) is 6.04 Å². The highest BCUT2D eigenvalue weighted by atomic mass is 32.2. The Kier molecular flexibility index (Phi) is 3.78. The van der Waals surface area contributed by atoms with Crippen LogP contribution in [0.4, 0.5) is 0 Å². The van der Waals surface area contributed by atoms with Crippen molar-refractivity contribution in [3.8, 4) is 0 Å². The standard InChI is InChI=1S/C15H18N2O4S/c1-22(20,21)16-12-8-4-5-9-13(12)17-14(18)10-6-2-3-7-11(10)15(17)19/h2-3,6-7,12-13,16H,4-5,8-9H2,1H3. The largest absolute Gasteiger partial charge is 0.270 e. The molecule has 1 aliphatic heterocycles. The van der Waals surface area contributed by atoms with Crippen molar-refractivity contribution in [2.75, 3.05) is 6.26 Å². The Morgan fingerprint density at radius 2 is 1.59 bits per heavy atom. The maximum absolute atomic E-state index is 12.5. The molecular weight excluding hydrogens is 304 g/mol. The molecule has 1 aromatic rings. The lowest BCUT2D eigenvalue weighted by molar-refractivity contribution is 0.0517. The highest BCUT2D eigenvalue weighted by Crippen LogP contribution is 2.31. The summed E-state index contributed by atoms with van der Waals surface area (Å²) in [4.78, 5) is 26.3. The maximum Gasteiger partial charge on any atom is 0.261 e. The van der Waals surface area contributed by atoms with E-state index in [2.05, 4.69) is 4.72 Å². The van der Waals surface area contributed by atoms with Crippen molar-refractivity contribution in [3.05, 3.63) is 35.4 Å². The number of nitrogens with zero attached hydrogens (tertiary/aromatic N) is 1. The Balaban J connectivity index is 1.92. The Morgan fingerprint density at radius 1 is 1.05 bits per heavy atom. The second kappa shape index (κ2) is 5.48. The molecule has 2 atom stereocenters. The van der Waals surface area contributed by atoms with Crippen LogP contribution in [0, 0.1) is 0 Å². The Labute approximate surface area is 129 Å². The van der Waals surface area contributed by atoms with Crippen molar-refractivity contribution < 1.29 is 18.0 Å². The van der Waals surface area contributed by atoms with Crippen LogP contribution in [0.1, 0.15) is 46.4 Å². The molecule has 1 heterocycles. The van der Waals surface area contributed by atoms with Crippen molar-refractivity contribution in [2.24, 2.45) is 0 Å². The average molecular weight is 322 g/mol. The second-order valence-electron chi connectivity index (χ2n) is 5.87. The van der Waals surface area contributed by atoms with Gasteiger partial charge in [0.2, 0.25) is 10.0 Å². The number of carbonyl (C=O) groups is 2. The summed E-state index contributed by atoms with van der Waals surface area (Å²) < 4.78 is 25.7. The zero-order valence-electron chi connectivity index (χ0n) is 12.3. The van der Waals surface area contributed by atoms with Gasteiger partial charge < -0.3 is 0 Å². The number of hydrogen-bond donors (Lipinski definition) is 1.